The average molecular weight is 331 g/mol. The van der Waals surface area contributed by atoms with Crippen molar-refractivity contribution >= 4 is 27.7 Å². The number of fused-ring (bicyclic) bond motifs is 1. The Kier molecular flexibility index (Phi) is 3.83. The molecule has 1 saturated heterocycles. The zero-order chi connectivity index (χ0) is 16.8. The molecule has 2 rings (SSSR count). The first-order valence-electron chi connectivity index (χ1n) is 6.03. The highest BCUT2D eigenvalue weighted by atomic mass is 32.2. The number of carboxylic acids is 1. The van der Waals surface area contributed by atoms with Gasteiger partial charge < -0.3 is 14.6 Å². The summed E-state index contributed by atoms with van der Waals surface area (Å²) in [4.78, 5) is 34.4. The van der Waals surface area contributed by atoms with E-state index in [0.717, 1.165) is 14.0 Å². The quantitative estimate of drug-likeness (QED) is 0.514. The number of carboxylic acid groups (broad SMARTS) is 1. The zero-order valence-corrected chi connectivity index (χ0v) is 12.5. The normalized spacial score (nSPS) is 26.4. The molecule has 0 aromatic heterocycles. The summed E-state index contributed by atoms with van der Waals surface area (Å²) in [7, 11) is -2.94. The van der Waals surface area contributed by atoms with Gasteiger partial charge in [0, 0.05) is 19.6 Å². The van der Waals surface area contributed by atoms with Crippen LogP contribution in [0.2, 0.25) is 0 Å². The lowest BCUT2D eigenvalue weighted by atomic mass is 10.0. The number of carbonyl (C=O) groups excluding carboxylic acids is 2. The number of carbonyl (C=O) groups is 3. The van der Waals surface area contributed by atoms with Crippen molar-refractivity contribution in [1.82, 2.24) is 4.90 Å². The van der Waals surface area contributed by atoms with E-state index in [-0.39, 0.29) is 5.57 Å². The maximum Gasteiger partial charge on any atom is 0.353 e. The number of methoxy groups -OCH3 is 1. The van der Waals surface area contributed by atoms with Gasteiger partial charge in [-0.15, -0.1) is 0 Å². The first-order valence-corrected chi connectivity index (χ1v) is 7.58. The second-order valence-electron chi connectivity index (χ2n) is 4.64. The summed E-state index contributed by atoms with van der Waals surface area (Å²) in [5, 5.41) is 7.82. The first kappa shape index (κ1) is 16.2. The van der Waals surface area contributed by atoms with Crippen molar-refractivity contribution in [3.8, 4) is 0 Å². The molecule has 120 valence electrons. The SMILES string of the molecule is C=C1C(COC(C)=O)=C(C(=O)O)N2C(=O)[C@@H](OC)C2S1(=O)=O. The predicted octanol–water partition coefficient (Wildman–Crippen LogP) is -0.986. The van der Waals surface area contributed by atoms with Gasteiger partial charge >= 0.3 is 11.9 Å². The number of aliphatic carboxylic acids is 1. The molecule has 0 saturated carbocycles. The summed E-state index contributed by atoms with van der Waals surface area (Å²) in [5.74, 6) is -3.04. The molecule has 2 atom stereocenters. The van der Waals surface area contributed by atoms with Gasteiger partial charge in [-0.1, -0.05) is 6.58 Å². The number of esters is 1. The summed E-state index contributed by atoms with van der Waals surface area (Å²) in [6.07, 6.45) is -1.29. The van der Waals surface area contributed by atoms with E-state index in [2.05, 4.69) is 11.3 Å². The van der Waals surface area contributed by atoms with Gasteiger partial charge in [-0.2, -0.15) is 0 Å². The highest BCUT2D eigenvalue weighted by molar-refractivity contribution is 7.96. The second kappa shape index (κ2) is 5.21. The molecule has 0 aromatic rings. The summed E-state index contributed by atoms with van der Waals surface area (Å²) >= 11 is 0. The van der Waals surface area contributed by atoms with Crippen molar-refractivity contribution in [2.24, 2.45) is 0 Å². The van der Waals surface area contributed by atoms with Crippen LogP contribution in [0.1, 0.15) is 6.92 Å². The molecule has 0 radical (unpaired) electrons. The summed E-state index contributed by atoms with van der Waals surface area (Å²) in [6.45, 7) is 3.85. The second-order valence-corrected chi connectivity index (χ2v) is 6.70. The van der Waals surface area contributed by atoms with E-state index in [1.165, 1.54) is 0 Å². The van der Waals surface area contributed by atoms with Crippen LogP contribution in [0, 0.1) is 0 Å². The summed E-state index contributed by atoms with van der Waals surface area (Å²) < 4.78 is 34.2. The Balaban J connectivity index is 2.59. The highest BCUT2D eigenvalue weighted by Crippen LogP contribution is 2.42. The van der Waals surface area contributed by atoms with E-state index >= 15 is 0 Å². The number of β-lactam (4-membered cyclic amide) rings is 1. The van der Waals surface area contributed by atoms with Crippen LogP contribution >= 0.6 is 0 Å². The Labute approximate surface area is 125 Å². The molecule has 2 aliphatic rings. The van der Waals surface area contributed by atoms with Crippen LogP contribution in [-0.2, 0) is 33.7 Å². The molecule has 1 amide bonds. The lowest BCUT2D eigenvalue weighted by molar-refractivity contribution is -0.162. The minimum absolute atomic E-state index is 0.332. The molecule has 0 aliphatic carbocycles. The molecular weight excluding hydrogens is 318 g/mol. The molecule has 1 fully saturated rings. The number of rotatable bonds is 4. The zero-order valence-electron chi connectivity index (χ0n) is 11.7. The maximum atomic E-state index is 12.4. The molecule has 2 aliphatic heterocycles. The molecule has 1 N–H and O–H groups in total. The van der Waals surface area contributed by atoms with Crippen molar-refractivity contribution in [3.63, 3.8) is 0 Å². The van der Waals surface area contributed by atoms with Gasteiger partial charge in [-0.25, -0.2) is 13.2 Å². The largest absolute Gasteiger partial charge is 0.477 e. The smallest absolute Gasteiger partial charge is 0.353 e. The van der Waals surface area contributed by atoms with Crippen molar-refractivity contribution in [2.45, 2.75) is 18.4 Å². The van der Waals surface area contributed by atoms with E-state index < -0.39 is 56.4 Å². The molecule has 22 heavy (non-hydrogen) atoms. The Morgan fingerprint density at radius 3 is 2.45 bits per heavy atom. The molecule has 9 nitrogen and oxygen atoms in total. The van der Waals surface area contributed by atoms with Crippen LogP contribution in [0.25, 0.3) is 0 Å². The molecule has 0 spiro atoms. The minimum Gasteiger partial charge on any atom is -0.477 e. The van der Waals surface area contributed by atoms with Gasteiger partial charge in [0.1, 0.15) is 12.3 Å². The minimum atomic E-state index is -4.09. The Bertz CT molecular complexity index is 719. The average Bonchev–Trinajstić information content (AvgIpc) is 2.41. The van der Waals surface area contributed by atoms with Crippen LogP contribution in [0.4, 0.5) is 0 Å². The Morgan fingerprint density at radius 1 is 1.41 bits per heavy atom. The third kappa shape index (κ3) is 2.11. The topological polar surface area (TPSA) is 127 Å². The van der Waals surface area contributed by atoms with Gasteiger partial charge in [0.15, 0.2) is 11.5 Å². The number of sulfone groups is 1. The molecule has 10 heteroatoms. The highest BCUT2D eigenvalue weighted by Gasteiger charge is 2.61. The monoisotopic (exact) mass is 331 g/mol. The maximum absolute atomic E-state index is 12.4. The van der Waals surface area contributed by atoms with E-state index in [1.807, 2.05) is 0 Å². The van der Waals surface area contributed by atoms with Crippen molar-refractivity contribution in [2.75, 3.05) is 13.7 Å². The van der Waals surface area contributed by atoms with Crippen molar-refractivity contribution in [1.29, 1.82) is 0 Å². The third-order valence-electron chi connectivity index (χ3n) is 3.40. The van der Waals surface area contributed by atoms with Gasteiger partial charge in [0.2, 0.25) is 9.84 Å². The van der Waals surface area contributed by atoms with E-state index in [0.29, 0.717) is 4.90 Å². The van der Waals surface area contributed by atoms with E-state index in [9.17, 15) is 27.9 Å². The molecule has 1 unspecified atom stereocenters. The van der Waals surface area contributed by atoms with Gasteiger partial charge in [-0.05, 0) is 0 Å². The van der Waals surface area contributed by atoms with Crippen LogP contribution in [0.15, 0.2) is 22.8 Å². The summed E-state index contributed by atoms with van der Waals surface area (Å²) in [5.41, 5.74) is -0.897. The third-order valence-corrected chi connectivity index (χ3v) is 5.42. The number of hydrogen-bond donors (Lipinski definition) is 1. The lowest BCUT2D eigenvalue weighted by Gasteiger charge is -2.48. The fourth-order valence-corrected chi connectivity index (χ4v) is 4.17. The van der Waals surface area contributed by atoms with E-state index in [1.54, 1.807) is 0 Å². The fourth-order valence-electron chi connectivity index (χ4n) is 2.34. The molecular formula is C12H13NO8S. The molecule has 0 bridgehead atoms. The van der Waals surface area contributed by atoms with Crippen molar-refractivity contribution in [3.05, 3.63) is 22.8 Å². The van der Waals surface area contributed by atoms with Crippen LogP contribution in [0.5, 0.6) is 0 Å². The summed E-state index contributed by atoms with van der Waals surface area (Å²) in [6, 6.07) is 0. The van der Waals surface area contributed by atoms with Crippen molar-refractivity contribution < 1.29 is 37.4 Å². The fraction of sp³-hybridized carbons (Fsp3) is 0.417. The Hall–Kier alpha value is -2.20. The number of hydrogen-bond acceptors (Lipinski definition) is 7. The van der Waals surface area contributed by atoms with Crippen LogP contribution in [-0.4, -0.2) is 61.5 Å². The number of nitrogens with zero attached hydrogens (tertiary/aromatic N) is 1. The lowest BCUT2D eigenvalue weighted by Crippen LogP contribution is -2.70. The van der Waals surface area contributed by atoms with E-state index in [4.69, 9.17) is 4.74 Å². The number of ether oxygens (including phenoxy) is 2. The van der Waals surface area contributed by atoms with Gasteiger partial charge in [0.25, 0.3) is 5.91 Å². The van der Waals surface area contributed by atoms with Crippen LogP contribution < -0.4 is 0 Å². The standard InChI is InChI=1S/C12H13NO8S/c1-5-7(4-21-6(2)14)8(12(16)17)13-10(15)9(20-3)11(13)22(5,18)19/h9,11H,1,4H2,2-3H3,(H,16,17)/t9-,11?/m1/s1. The van der Waals surface area contributed by atoms with Gasteiger partial charge in [0.05, 0.1) is 4.91 Å². The molecule has 0 aromatic carbocycles. The van der Waals surface area contributed by atoms with Gasteiger partial charge in [-0.3, -0.25) is 14.5 Å². The predicted molar refractivity (Wildman–Crippen MR) is 70.8 cm³/mol. The van der Waals surface area contributed by atoms with Crippen LogP contribution in [0.3, 0.4) is 0 Å². The number of amides is 1. The Morgan fingerprint density at radius 2 is 2.00 bits per heavy atom. The molecule has 2 heterocycles. The first-order chi connectivity index (χ1) is 10.1.